The first-order valence-electron chi connectivity index (χ1n) is 5.27. The van der Waals surface area contributed by atoms with Gasteiger partial charge in [-0.15, -0.1) is 0 Å². The van der Waals surface area contributed by atoms with Crippen molar-refractivity contribution < 1.29 is 0 Å². The van der Waals surface area contributed by atoms with Crippen molar-refractivity contribution in [1.82, 2.24) is 9.55 Å². The van der Waals surface area contributed by atoms with E-state index >= 15 is 0 Å². The highest BCUT2D eigenvalue weighted by Crippen LogP contribution is 2.28. The van der Waals surface area contributed by atoms with Crippen molar-refractivity contribution in [3.8, 4) is 11.3 Å². The maximum absolute atomic E-state index is 4.57. The molecule has 0 radical (unpaired) electrons. The molecule has 0 N–H and O–H groups in total. The van der Waals surface area contributed by atoms with Crippen LogP contribution in [0.1, 0.15) is 17.0 Å². The van der Waals surface area contributed by atoms with E-state index in [1.165, 1.54) is 16.7 Å². The zero-order chi connectivity index (χ0) is 11.9. The molecule has 0 aliphatic rings. The van der Waals surface area contributed by atoms with Gasteiger partial charge in [0.1, 0.15) is 16.1 Å². The molecule has 2 rings (SSSR count). The molecule has 1 aromatic heterocycles. The Bertz CT molecular complexity index is 541. The van der Waals surface area contributed by atoms with Crippen molar-refractivity contribution in [2.45, 2.75) is 20.8 Å². The molecular weight excluding hydrogens is 264 g/mol. The van der Waals surface area contributed by atoms with Gasteiger partial charge in [0, 0.05) is 12.6 Å². The van der Waals surface area contributed by atoms with Crippen LogP contribution in [0.25, 0.3) is 11.3 Å². The third kappa shape index (κ3) is 1.80. The molecule has 0 amide bonds. The number of nitrogens with zero attached hydrogens (tertiary/aromatic N) is 2. The summed E-state index contributed by atoms with van der Waals surface area (Å²) >= 11 is 3.58. The SMILES string of the molecule is Cc1ccc(-c2nc(C)n(C)c2Br)cc1C. The second-order valence-corrected chi connectivity index (χ2v) is 4.91. The van der Waals surface area contributed by atoms with Gasteiger partial charge in [-0.3, -0.25) is 0 Å². The number of rotatable bonds is 1. The van der Waals surface area contributed by atoms with Gasteiger partial charge in [-0.05, 0) is 53.9 Å². The maximum atomic E-state index is 4.57. The van der Waals surface area contributed by atoms with Crippen molar-refractivity contribution in [3.05, 3.63) is 39.8 Å². The Morgan fingerprint density at radius 3 is 2.31 bits per heavy atom. The Hall–Kier alpha value is -1.09. The third-order valence-corrected chi connectivity index (χ3v) is 3.94. The Balaban J connectivity index is 2.59. The average Bonchev–Trinajstić information content (AvgIpc) is 2.50. The lowest BCUT2D eigenvalue weighted by atomic mass is 10.0. The zero-order valence-corrected chi connectivity index (χ0v) is 11.6. The van der Waals surface area contributed by atoms with Gasteiger partial charge in [0.05, 0.1) is 0 Å². The minimum Gasteiger partial charge on any atom is -0.326 e. The van der Waals surface area contributed by atoms with Crippen molar-refractivity contribution in [3.63, 3.8) is 0 Å². The van der Waals surface area contributed by atoms with Gasteiger partial charge in [0.2, 0.25) is 0 Å². The normalized spacial score (nSPS) is 10.8. The highest BCUT2D eigenvalue weighted by molar-refractivity contribution is 9.10. The Morgan fingerprint density at radius 1 is 1.12 bits per heavy atom. The molecule has 0 unspecified atom stereocenters. The largest absolute Gasteiger partial charge is 0.326 e. The molecule has 0 atom stereocenters. The van der Waals surface area contributed by atoms with Crippen LogP contribution in [-0.4, -0.2) is 9.55 Å². The van der Waals surface area contributed by atoms with Gasteiger partial charge in [-0.2, -0.15) is 0 Å². The van der Waals surface area contributed by atoms with Crippen LogP contribution in [0, 0.1) is 20.8 Å². The summed E-state index contributed by atoms with van der Waals surface area (Å²) in [6.07, 6.45) is 0. The van der Waals surface area contributed by atoms with Gasteiger partial charge in [-0.1, -0.05) is 12.1 Å². The molecule has 2 nitrogen and oxygen atoms in total. The van der Waals surface area contributed by atoms with E-state index in [1.807, 2.05) is 18.5 Å². The van der Waals surface area contributed by atoms with Gasteiger partial charge in [0.15, 0.2) is 0 Å². The van der Waals surface area contributed by atoms with Crippen molar-refractivity contribution >= 4 is 15.9 Å². The fourth-order valence-electron chi connectivity index (χ4n) is 1.66. The van der Waals surface area contributed by atoms with Crippen LogP contribution in [-0.2, 0) is 7.05 Å². The fourth-order valence-corrected chi connectivity index (χ4v) is 2.23. The second-order valence-electron chi connectivity index (χ2n) is 4.16. The van der Waals surface area contributed by atoms with Gasteiger partial charge >= 0.3 is 0 Å². The molecule has 0 fully saturated rings. The molecule has 16 heavy (non-hydrogen) atoms. The van der Waals surface area contributed by atoms with Gasteiger partial charge in [-0.25, -0.2) is 4.98 Å². The lowest BCUT2D eigenvalue weighted by Crippen LogP contribution is -1.90. The van der Waals surface area contributed by atoms with Crippen LogP contribution < -0.4 is 0 Å². The van der Waals surface area contributed by atoms with Crippen LogP contribution in [0.3, 0.4) is 0 Å². The highest BCUT2D eigenvalue weighted by atomic mass is 79.9. The molecular formula is C13H15BrN2. The minimum atomic E-state index is 1.01. The lowest BCUT2D eigenvalue weighted by Gasteiger charge is -2.03. The molecule has 0 aliphatic carbocycles. The molecule has 3 heteroatoms. The first kappa shape index (κ1) is 11.4. The van der Waals surface area contributed by atoms with E-state index < -0.39 is 0 Å². The summed E-state index contributed by atoms with van der Waals surface area (Å²) in [5.74, 6) is 1.01. The summed E-state index contributed by atoms with van der Waals surface area (Å²) < 4.78 is 3.08. The number of benzene rings is 1. The monoisotopic (exact) mass is 278 g/mol. The maximum Gasteiger partial charge on any atom is 0.112 e. The van der Waals surface area contributed by atoms with E-state index in [4.69, 9.17) is 0 Å². The quantitative estimate of drug-likeness (QED) is 0.777. The number of hydrogen-bond donors (Lipinski definition) is 0. The van der Waals surface area contributed by atoms with Crippen molar-refractivity contribution in [1.29, 1.82) is 0 Å². The third-order valence-electron chi connectivity index (χ3n) is 3.03. The fraction of sp³-hybridized carbons (Fsp3) is 0.308. The number of halogens is 1. The van der Waals surface area contributed by atoms with E-state index in [1.54, 1.807) is 0 Å². The van der Waals surface area contributed by atoms with Gasteiger partial charge < -0.3 is 4.57 Å². The number of hydrogen-bond acceptors (Lipinski definition) is 1. The lowest BCUT2D eigenvalue weighted by molar-refractivity contribution is 0.840. The Morgan fingerprint density at radius 2 is 1.81 bits per heavy atom. The van der Waals surface area contributed by atoms with E-state index in [2.05, 4.69) is 53.0 Å². The number of imidazole rings is 1. The topological polar surface area (TPSA) is 17.8 Å². The standard InChI is InChI=1S/C13H15BrN2/c1-8-5-6-11(7-9(8)2)12-13(14)16(4)10(3)15-12/h5-7H,1-4H3. The summed E-state index contributed by atoms with van der Waals surface area (Å²) in [6.45, 7) is 6.26. The zero-order valence-electron chi connectivity index (χ0n) is 10.0. The smallest absolute Gasteiger partial charge is 0.112 e. The first-order valence-corrected chi connectivity index (χ1v) is 6.06. The molecule has 1 heterocycles. The van der Waals surface area contributed by atoms with Crippen molar-refractivity contribution in [2.24, 2.45) is 7.05 Å². The van der Waals surface area contributed by atoms with E-state index in [0.29, 0.717) is 0 Å². The number of aryl methyl sites for hydroxylation is 3. The molecule has 1 aromatic carbocycles. The van der Waals surface area contributed by atoms with Crippen LogP contribution in [0.2, 0.25) is 0 Å². The molecule has 0 bridgehead atoms. The molecule has 0 spiro atoms. The molecule has 0 saturated heterocycles. The summed E-state index contributed by atoms with van der Waals surface area (Å²) in [5, 5.41) is 0. The van der Waals surface area contributed by atoms with E-state index in [0.717, 1.165) is 16.1 Å². The van der Waals surface area contributed by atoms with Gasteiger partial charge in [0.25, 0.3) is 0 Å². The average molecular weight is 279 g/mol. The van der Waals surface area contributed by atoms with Crippen LogP contribution in [0.5, 0.6) is 0 Å². The highest BCUT2D eigenvalue weighted by Gasteiger charge is 2.11. The Kier molecular flexibility index (Phi) is 2.89. The molecule has 84 valence electrons. The predicted octanol–water partition coefficient (Wildman–Crippen LogP) is 3.77. The molecule has 2 aromatic rings. The van der Waals surface area contributed by atoms with Crippen molar-refractivity contribution in [2.75, 3.05) is 0 Å². The van der Waals surface area contributed by atoms with E-state index in [9.17, 15) is 0 Å². The second kappa shape index (κ2) is 4.06. The van der Waals surface area contributed by atoms with E-state index in [-0.39, 0.29) is 0 Å². The van der Waals surface area contributed by atoms with Crippen LogP contribution in [0.15, 0.2) is 22.8 Å². The summed E-state index contributed by atoms with van der Waals surface area (Å²) in [4.78, 5) is 4.57. The van der Waals surface area contributed by atoms with Crippen LogP contribution in [0.4, 0.5) is 0 Å². The summed E-state index contributed by atoms with van der Waals surface area (Å²) in [5.41, 5.74) is 4.79. The molecule has 0 aliphatic heterocycles. The predicted molar refractivity (Wildman–Crippen MR) is 70.6 cm³/mol. The number of aromatic nitrogens is 2. The van der Waals surface area contributed by atoms with Crippen LogP contribution >= 0.6 is 15.9 Å². The molecule has 0 saturated carbocycles. The minimum absolute atomic E-state index is 1.01. The summed E-state index contributed by atoms with van der Waals surface area (Å²) in [6, 6.07) is 6.44. The first-order chi connectivity index (χ1) is 7.50. The Labute approximate surface area is 104 Å². The summed E-state index contributed by atoms with van der Waals surface area (Å²) in [7, 11) is 2.01.